The highest BCUT2D eigenvalue weighted by molar-refractivity contribution is 6.14. The van der Waals surface area contributed by atoms with Gasteiger partial charge >= 0.3 is 0 Å². The molecule has 0 spiro atoms. The van der Waals surface area contributed by atoms with E-state index in [1.54, 1.807) is 36.4 Å². The van der Waals surface area contributed by atoms with E-state index < -0.39 is 0 Å². The van der Waals surface area contributed by atoms with Gasteiger partial charge in [-0.3, -0.25) is 4.79 Å². The molecule has 23 heavy (non-hydrogen) atoms. The van der Waals surface area contributed by atoms with Crippen LogP contribution in [0.3, 0.4) is 0 Å². The summed E-state index contributed by atoms with van der Waals surface area (Å²) in [6.07, 6.45) is 3.39. The number of halogens is 2. The van der Waals surface area contributed by atoms with Gasteiger partial charge in [0.2, 0.25) is 0 Å². The maximum Gasteiger partial charge on any atom is 0.189 e. The molecule has 1 heterocycles. The zero-order valence-electron chi connectivity index (χ0n) is 12.3. The summed E-state index contributed by atoms with van der Waals surface area (Å²) in [5.41, 5.74) is 2.50. The van der Waals surface area contributed by atoms with Crippen molar-refractivity contribution in [2.45, 2.75) is 0 Å². The van der Waals surface area contributed by atoms with Gasteiger partial charge in [-0.1, -0.05) is 24.3 Å². The molecule has 3 rings (SSSR count). The molecule has 0 aliphatic carbocycles. The molecule has 0 amide bonds. The van der Waals surface area contributed by atoms with Gasteiger partial charge in [0, 0.05) is 11.1 Å². The van der Waals surface area contributed by atoms with Crippen molar-refractivity contribution in [1.82, 2.24) is 0 Å². The van der Waals surface area contributed by atoms with Crippen LogP contribution in [-0.4, -0.2) is 19.0 Å². The summed E-state index contributed by atoms with van der Waals surface area (Å²) >= 11 is 0. The standard InChI is InChI=1S/C19H14F2O2/c20-17-5-1-13(2-6-17)9-15-11-23-12-16(19(15)22)10-14-3-7-18(21)8-4-14/h1-10H,11-12H2/b15-9-,16-10+. The summed E-state index contributed by atoms with van der Waals surface area (Å²) in [6, 6.07) is 11.8. The van der Waals surface area contributed by atoms with Gasteiger partial charge in [0.1, 0.15) is 11.6 Å². The quantitative estimate of drug-likeness (QED) is 0.783. The molecule has 4 heteroatoms. The molecule has 2 aromatic rings. The van der Waals surface area contributed by atoms with E-state index >= 15 is 0 Å². The van der Waals surface area contributed by atoms with E-state index in [4.69, 9.17) is 4.74 Å². The molecule has 1 saturated heterocycles. The Morgan fingerprint density at radius 3 is 1.52 bits per heavy atom. The average molecular weight is 312 g/mol. The lowest BCUT2D eigenvalue weighted by molar-refractivity contribution is -0.114. The van der Waals surface area contributed by atoms with E-state index in [1.165, 1.54) is 24.3 Å². The van der Waals surface area contributed by atoms with Gasteiger partial charge in [-0.25, -0.2) is 8.78 Å². The van der Waals surface area contributed by atoms with Gasteiger partial charge in [-0.05, 0) is 47.5 Å². The Balaban J connectivity index is 1.86. The number of rotatable bonds is 2. The monoisotopic (exact) mass is 312 g/mol. The van der Waals surface area contributed by atoms with E-state index in [0.29, 0.717) is 11.1 Å². The van der Waals surface area contributed by atoms with Crippen molar-refractivity contribution in [3.63, 3.8) is 0 Å². The molecular weight excluding hydrogens is 298 g/mol. The Morgan fingerprint density at radius 1 is 0.739 bits per heavy atom. The number of ketones is 1. The Kier molecular flexibility index (Phi) is 4.44. The number of benzene rings is 2. The van der Waals surface area contributed by atoms with Crippen LogP contribution in [0.25, 0.3) is 12.2 Å². The van der Waals surface area contributed by atoms with Crippen LogP contribution >= 0.6 is 0 Å². The first kappa shape index (κ1) is 15.3. The minimum atomic E-state index is -0.324. The fourth-order valence-corrected chi connectivity index (χ4v) is 2.34. The normalized spacial score (nSPS) is 18.6. The lowest BCUT2D eigenvalue weighted by Gasteiger charge is -2.17. The van der Waals surface area contributed by atoms with Gasteiger partial charge < -0.3 is 4.74 Å². The first-order chi connectivity index (χ1) is 11.1. The van der Waals surface area contributed by atoms with Crippen molar-refractivity contribution >= 4 is 17.9 Å². The van der Waals surface area contributed by atoms with Crippen molar-refractivity contribution in [2.75, 3.05) is 13.2 Å². The minimum Gasteiger partial charge on any atom is -0.372 e. The van der Waals surface area contributed by atoms with Crippen LogP contribution in [0, 0.1) is 11.6 Å². The smallest absolute Gasteiger partial charge is 0.189 e. The lowest BCUT2D eigenvalue weighted by atomic mass is 9.98. The third-order valence-corrected chi connectivity index (χ3v) is 3.52. The van der Waals surface area contributed by atoms with Crippen molar-refractivity contribution in [3.8, 4) is 0 Å². The van der Waals surface area contributed by atoms with Gasteiger partial charge in [0.05, 0.1) is 13.2 Å². The zero-order chi connectivity index (χ0) is 16.2. The largest absolute Gasteiger partial charge is 0.372 e. The van der Waals surface area contributed by atoms with Crippen LogP contribution in [-0.2, 0) is 9.53 Å². The number of Topliss-reactive ketones (excluding diaryl/α,β-unsaturated/α-hetero) is 1. The molecule has 1 aliphatic heterocycles. The van der Waals surface area contributed by atoms with Crippen molar-refractivity contribution in [2.24, 2.45) is 0 Å². The highest BCUT2D eigenvalue weighted by atomic mass is 19.1. The number of hydrogen-bond acceptors (Lipinski definition) is 2. The number of hydrogen-bond donors (Lipinski definition) is 0. The molecule has 0 atom stereocenters. The molecule has 0 unspecified atom stereocenters. The lowest BCUT2D eigenvalue weighted by Crippen LogP contribution is -2.21. The third kappa shape index (κ3) is 3.79. The Hall–Kier alpha value is -2.59. The summed E-state index contributed by atoms with van der Waals surface area (Å²) < 4.78 is 31.3. The Bertz CT molecular complexity index is 707. The van der Waals surface area contributed by atoms with Crippen molar-refractivity contribution < 1.29 is 18.3 Å². The summed E-state index contributed by atoms with van der Waals surface area (Å²) in [7, 11) is 0. The van der Waals surface area contributed by atoms with Gasteiger partial charge in [-0.15, -0.1) is 0 Å². The van der Waals surface area contributed by atoms with E-state index in [1.807, 2.05) is 0 Å². The first-order valence-electron chi connectivity index (χ1n) is 7.16. The van der Waals surface area contributed by atoms with E-state index in [9.17, 15) is 13.6 Å². The second kappa shape index (κ2) is 6.67. The highest BCUT2D eigenvalue weighted by Gasteiger charge is 2.21. The fourth-order valence-electron chi connectivity index (χ4n) is 2.34. The summed E-state index contributed by atoms with van der Waals surface area (Å²) in [6.45, 7) is 0.438. The second-order valence-electron chi connectivity index (χ2n) is 5.26. The number of carbonyl (C=O) groups is 1. The fraction of sp³-hybridized carbons (Fsp3) is 0.105. The van der Waals surface area contributed by atoms with Gasteiger partial charge in [-0.2, -0.15) is 0 Å². The molecule has 0 bridgehead atoms. The zero-order valence-corrected chi connectivity index (χ0v) is 12.3. The number of ether oxygens (including phenoxy) is 1. The average Bonchev–Trinajstić information content (AvgIpc) is 2.55. The maximum absolute atomic E-state index is 12.9. The summed E-state index contributed by atoms with van der Waals surface area (Å²) in [5, 5.41) is 0. The molecule has 0 saturated carbocycles. The second-order valence-corrected chi connectivity index (χ2v) is 5.26. The van der Waals surface area contributed by atoms with Crippen molar-refractivity contribution in [3.05, 3.63) is 82.4 Å². The topological polar surface area (TPSA) is 26.3 Å². The summed E-state index contributed by atoms with van der Waals surface area (Å²) in [4.78, 5) is 12.5. The van der Waals surface area contributed by atoms with Crippen LogP contribution in [0.5, 0.6) is 0 Å². The molecular formula is C19H14F2O2. The van der Waals surface area contributed by atoms with E-state index in [2.05, 4.69) is 0 Å². The molecule has 1 aliphatic rings. The highest BCUT2D eigenvalue weighted by Crippen LogP contribution is 2.20. The van der Waals surface area contributed by atoms with Gasteiger partial charge in [0.15, 0.2) is 5.78 Å². The maximum atomic E-state index is 12.9. The van der Waals surface area contributed by atoms with Crippen LogP contribution in [0.2, 0.25) is 0 Å². The predicted molar refractivity (Wildman–Crippen MR) is 84.6 cm³/mol. The Morgan fingerprint density at radius 2 is 1.13 bits per heavy atom. The summed E-state index contributed by atoms with van der Waals surface area (Å²) in [5.74, 6) is -0.754. The molecule has 2 aromatic carbocycles. The predicted octanol–water partition coefficient (Wildman–Crippen LogP) is 4.03. The molecule has 0 N–H and O–H groups in total. The SMILES string of the molecule is O=C1/C(=C\c2ccc(F)cc2)COC/C1=C\c1ccc(F)cc1. The minimum absolute atomic E-state index is 0.107. The van der Waals surface area contributed by atoms with Crippen LogP contribution in [0.15, 0.2) is 59.7 Å². The van der Waals surface area contributed by atoms with Gasteiger partial charge in [0.25, 0.3) is 0 Å². The number of carbonyl (C=O) groups excluding carboxylic acids is 1. The van der Waals surface area contributed by atoms with E-state index in [0.717, 1.165) is 11.1 Å². The molecule has 0 aromatic heterocycles. The first-order valence-corrected chi connectivity index (χ1v) is 7.16. The molecule has 0 radical (unpaired) electrons. The molecule has 2 nitrogen and oxygen atoms in total. The molecule has 1 fully saturated rings. The van der Waals surface area contributed by atoms with Crippen LogP contribution in [0.4, 0.5) is 8.78 Å². The van der Waals surface area contributed by atoms with Crippen LogP contribution < -0.4 is 0 Å². The Labute approximate surface area is 132 Å². The third-order valence-electron chi connectivity index (χ3n) is 3.52. The van der Waals surface area contributed by atoms with Crippen LogP contribution in [0.1, 0.15) is 11.1 Å². The van der Waals surface area contributed by atoms with Crippen molar-refractivity contribution in [1.29, 1.82) is 0 Å². The molecule has 116 valence electrons. The van der Waals surface area contributed by atoms with E-state index in [-0.39, 0.29) is 30.6 Å².